The van der Waals surface area contributed by atoms with Gasteiger partial charge in [0.2, 0.25) is 0 Å². The summed E-state index contributed by atoms with van der Waals surface area (Å²) in [5, 5.41) is 0. The second-order valence-electron chi connectivity index (χ2n) is 2.97. The predicted molar refractivity (Wildman–Crippen MR) is 60.3 cm³/mol. The number of hydrogen-bond donors (Lipinski definition) is 0. The number of hydrogen-bond acceptors (Lipinski definition) is 2. The monoisotopic (exact) mass is 256 g/mol. The number of rotatable bonds is 4. The number of carbonyl (C=O) groups is 1. The fraction of sp³-hybridized carbons (Fsp3) is 0.364. The van der Waals surface area contributed by atoms with Crippen molar-refractivity contribution in [1.82, 2.24) is 0 Å². The molecule has 0 aliphatic heterocycles. The van der Waals surface area contributed by atoms with E-state index in [0.717, 1.165) is 17.7 Å². The molecule has 0 aliphatic rings. The van der Waals surface area contributed by atoms with Crippen LogP contribution in [0.25, 0.3) is 0 Å². The average molecular weight is 257 g/mol. The molecule has 0 aliphatic carbocycles. The molecule has 2 nitrogen and oxygen atoms in total. The van der Waals surface area contributed by atoms with Crippen LogP contribution >= 0.6 is 15.9 Å². The van der Waals surface area contributed by atoms with Crippen molar-refractivity contribution < 1.29 is 9.53 Å². The Bertz CT molecular complexity index is 306. The molecule has 0 fully saturated rings. The van der Waals surface area contributed by atoms with Crippen LogP contribution < -0.4 is 4.74 Å². The number of alkyl halides is 1. The Kier molecular flexibility index (Phi) is 4.14. The van der Waals surface area contributed by atoms with E-state index in [9.17, 15) is 4.79 Å². The second-order valence-corrected chi connectivity index (χ2v) is 4.07. The smallest absolute Gasteiger partial charge is 0.176 e. The summed E-state index contributed by atoms with van der Waals surface area (Å²) in [6, 6.07) is 7.15. The minimum atomic E-state index is -0.0871. The Morgan fingerprint density at radius 2 is 2.00 bits per heavy atom. The van der Waals surface area contributed by atoms with E-state index in [2.05, 4.69) is 15.9 Å². The summed E-state index contributed by atoms with van der Waals surface area (Å²) in [7, 11) is 1.61. The van der Waals surface area contributed by atoms with E-state index >= 15 is 0 Å². The molecule has 0 spiro atoms. The normalized spacial score (nSPS) is 12.2. The average Bonchev–Trinajstić information content (AvgIpc) is 2.27. The molecule has 0 amide bonds. The third kappa shape index (κ3) is 2.58. The molecule has 0 unspecified atom stereocenters. The lowest BCUT2D eigenvalue weighted by Crippen LogP contribution is -2.12. The molecule has 0 saturated carbocycles. The zero-order valence-corrected chi connectivity index (χ0v) is 9.87. The molecule has 3 heteroatoms. The first-order chi connectivity index (χ1) is 6.69. The van der Waals surface area contributed by atoms with Crippen LogP contribution in [0.15, 0.2) is 24.3 Å². The van der Waals surface area contributed by atoms with Crippen molar-refractivity contribution in [3.05, 3.63) is 29.8 Å². The summed E-state index contributed by atoms with van der Waals surface area (Å²) in [6.07, 6.45) is 0.796. The third-order valence-electron chi connectivity index (χ3n) is 2.02. The third-order valence-corrected chi connectivity index (χ3v) is 3.08. The molecule has 1 aromatic rings. The maximum absolute atomic E-state index is 11.7. The number of benzene rings is 1. The summed E-state index contributed by atoms with van der Waals surface area (Å²) < 4.78 is 5.01. The zero-order valence-electron chi connectivity index (χ0n) is 8.29. The Balaban J connectivity index is 2.81. The Labute approximate surface area is 92.4 Å². The van der Waals surface area contributed by atoms with Gasteiger partial charge in [0.05, 0.1) is 11.9 Å². The highest BCUT2D eigenvalue weighted by molar-refractivity contribution is 9.10. The molecule has 0 N–H and O–H groups in total. The molecule has 0 saturated heterocycles. The van der Waals surface area contributed by atoms with Crippen molar-refractivity contribution in [2.24, 2.45) is 0 Å². The highest BCUT2D eigenvalue weighted by Gasteiger charge is 2.14. The summed E-state index contributed by atoms with van der Waals surface area (Å²) in [5.41, 5.74) is 0.717. The number of ketones is 1. The van der Waals surface area contributed by atoms with E-state index in [4.69, 9.17) is 4.74 Å². The van der Waals surface area contributed by atoms with Crippen LogP contribution in [0.4, 0.5) is 0 Å². The quantitative estimate of drug-likeness (QED) is 0.612. The maximum Gasteiger partial charge on any atom is 0.176 e. The van der Waals surface area contributed by atoms with Crippen LogP contribution in [-0.4, -0.2) is 17.7 Å². The van der Waals surface area contributed by atoms with Crippen LogP contribution in [-0.2, 0) is 0 Å². The van der Waals surface area contributed by atoms with Crippen molar-refractivity contribution in [1.29, 1.82) is 0 Å². The van der Waals surface area contributed by atoms with E-state index in [1.54, 1.807) is 31.4 Å². The fourth-order valence-corrected chi connectivity index (χ4v) is 1.39. The summed E-state index contributed by atoms with van der Waals surface area (Å²) in [5.74, 6) is 0.888. The van der Waals surface area contributed by atoms with Crippen LogP contribution in [0.5, 0.6) is 5.75 Å². The molecular weight excluding hydrogens is 244 g/mol. The summed E-state index contributed by atoms with van der Waals surface area (Å²) >= 11 is 3.33. The molecule has 14 heavy (non-hydrogen) atoms. The first-order valence-electron chi connectivity index (χ1n) is 4.51. The van der Waals surface area contributed by atoms with E-state index in [0.29, 0.717) is 0 Å². The minimum Gasteiger partial charge on any atom is -0.497 e. The molecule has 0 aromatic heterocycles. The molecular formula is C11H13BrO2. The van der Waals surface area contributed by atoms with Gasteiger partial charge >= 0.3 is 0 Å². The highest BCUT2D eigenvalue weighted by atomic mass is 79.9. The molecule has 0 radical (unpaired) electrons. The Morgan fingerprint density at radius 1 is 1.43 bits per heavy atom. The van der Waals surface area contributed by atoms with Gasteiger partial charge in [-0.3, -0.25) is 4.79 Å². The van der Waals surface area contributed by atoms with Gasteiger partial charge in [-0.25, -0.2) is 0 Å². The van der Waals surface area contributed by atoms with Crippen molar-refractivity contribution in [2.75, 3.05) is 7.11 Å². The predicted octanol–water partition coefficient (Wildman–Crippen LogP) is 3.05. The van der Waals surface area contributed by atoms with Crippen molar-refractivity contribution in [2.45, 2.75) is 18.2 Å². The van der Waals surface area contributed by atoms with Gasteiger partial charge in [0.25, 0.3) is 0 Å². The lowest BCUT2D eigenvalue weighted by molar-refractivity contribution is 0.0990. The number of methoxy groups -OCH3 is 1. The van der Waals surface area contributed by atoms with Crippen LogP contribution in [0, 0.1) is 0 Å². The van der Waals surface area contributed by atoms with Gasteiger partial charge in [-0.2, -0.15) is 0 Å². The molecule has 0 bridgehead atoms. The standard InChI is InChI=1S/C11H13BrO2/c1-3-10(12)11(13)8-4-6-9(14-2)7-5-8/h4-7,10H,3H2,1-2H3/t10-/m0/s1. The van der Waals surface area contributed by atoms with Gasteiger partial charge in [0.1, 0.15) is 5.75 Å². The second kappa shape index (κ2) is 5.15. The van der Waals surface area contributed by atoms with Crippen LogP contribution in [0.2, 0.25) is 0 Å². The highest BCUT2D eigenvalue weighted by Crippen LogP contribution is 2.16. The first-order valence-corrected chi connectivity index (χ1v) is 5.43. The molecule has 76 valence electrons. The van der Waals surface area contributed by atoms with E-state index in [-0.39, 0.29) is 10.6 Å². The topological polar surface area (TPSA) is 26.3 Å². The van der Waals surface area contributed by atoms with Gasteiger partial charge in [0.15, 0.2) is 5.78 Å². The molecule has 1 aromatic carbocycles. The van der Waals surface area contributed by atoms with Gasteiger partial charge < -0.3 is 4.74 Å². The maximum atomic E-state index is 11.7. The number of carbonyl (C=O) groups excluding carboxylic acids is 1. The summed E-state index contributed by atoms with van der Waals surface area (Å²) in [4.78, 5) is 11.6. The van der Waals surface area contributed by atoms with Crippen molar-refractivity contribution >= 4 is 21.7 Å². The van der Waals surface area contributed by atoms with Gasteiger partial charge in [-0.1, -0.05) is 22.9 Å². The lowest BCUT2D eigenvalue weighted by atomic mass is 10.1. The van der Waals surface area contributed by atoms with Crippen LogP contribution in [0.1, 0.15) is 23.7 Å². The molecule has 0 heterocycles. The molecule has 1 atom stereocenters. The largest absolute Gasteiger partial charge is 0.497 e. The summed E-state index contributed by atoms with van der Waals surface area (Å²) in [6.45, 7) is 1.97. The SMILES string of the molecule is CC[C@H](Br)C(=O)c1ccc(OC)cc1. The lowest BCUT2D eigenvalue weighted by Gasteiger charge is -2.06. The van der Waals surface area contributed by atoms with Gasteiger partial charge in [0, 0.05) is 5.56 Å². The first kappa shape index (κ1) is 11.2. The van der Waals surface area contributed by atoms with Gasteiger partial charge in [-0.05, 0) is 30.7 Å². The van der Waals surface area contributed by atoms with E-state index in [1.807, 2.05) is 6.92 Å². The molecule has 1 rings (SSSR count). The Morgan fingerprint density at radius 3 is 2.43 bits per heavy atom. The van der Waals surface area contributed by atoms with E-state index < -0.39 is 0 Å². The minimum absolute atomic E-state index is 0.0871. The number of halogens is 1. The Hall–Kier alpha value is -0.830. The van der Waals surface area contributed by atoms with Crippen molar-refractivity contribution in [3.63, 3.8) is 0 Å². The van der Waals surface area contributed by atoms with E-state index in [1.165, 1.54) is 0 Å². The zero-order chi connectivity index (χ0) is 10.6. The number of ether oxygens (including phenoxy) is 1. The number of Topliss-reactive ketones (excluding diaryl/α,β-unsaturated/α-hetero) is 1. The fourth-order valence-electron chi connectivity index (χ4n) is 1.12. The van der Waals surface area contributed by atoms with Gasteiger partial charge in [-0.15, -0.1) is 0 Å². The van der Waals surface area contributed by atoms with Crippen molar-refractivity contribution in [3.8, 4) is 5.75 Å². The van der Waals surface area contributed by atoms with Crippen LogP contribution in [0.3, 0.4) is 0 Å².